The zero-order chi connectivity index (χ0) is 16.4. The van der Waals surface area contributed by atoms with Crippen molar-refractivity contribution < 1.29 is 9.53 Å². The van der Waals surface area contributed by atoms with Crippen LogP contribution >= 0.6 is 0 Å². The molecule has 5 heteroatoms. The highest BCUT2D eigenvalue weighted by Crippen LogP contribution is 2.36. The smallest absolute Gasteiger partial charge is 0.262 e. The summed E-state index contributed by atoms with van der Waals surface area (Å²) < 4.78 is 5.18. The summed E-state index contributed by atoms with van der Waals surface area (Å²) in [6.45, 7) is 0. The third-order valence-electron chi connectivity index (χ3n) is 4.18. The number of aliphatic imine (C=N–C) groups is 1. The molecule has 3 rings (SSSR count). The molecule has 0 radical (unpaired) electrons. The quantitative estimate of drug-likeness (QED) is 0.938. The zero-order valence-corrected chi connectivity index (χ0v) is 13.2. The predicted molar refractivity (Wildman–Crippen MR) is 89.2 cm³/mol. The van der Waals surface area contributed by atoms with Crippen molar-refractivity contribution in [3.05, 3.63) is 65.7 Å². The molecule has 0 spiro atoms. The van der Waals surface area contributed by atoms with E-state index in [0.29, 0.717) is 6.42 Å². The van der Waals surface area contributed by atoms with Crippen molar-refractivity contribution >= 4 is 11.9 Å². The summed E-state index contributed by atoms with van der Waals surface area (Å²) >= 11 is 0. The minimum atomic E-state index is -1.01. The average Bonchev–Trinajstić information content (AvgIpc) is 2.81. The van der Waals surface area contributed by atoms with Crippen LogP contribution in [0.5, 0.6) is 5.75 Å². The first-order valence-corrected chi connectivity index (χ1v) is 7.39. The molecule has 2 aromatic carbocycles. The van der Waals surface area contributed by atoms with Gasteiger partial charge in [0.2, 0.25) is 0 Å². The Morgan fingerprint density at radius 2 is 1.78 bits per heavy atom. The van der Waals surface area contributed by atoms with E-state index < -0.39 is 5.54 Å². The molecule has 0 saturated carbocycles. The van der Waals surface area contributed by atoms with Gasteiger partial charge in [-0.1, -0.05) is 42.5 Å². The molecule has 2 aromatic rings. The third kappa shape index (κ3) is 2.54. The predicted octanol–water partition coefficient (Wildman–Crippen LogP) is 1.92. The summed E-state index contributed by atoms with van der Waals surface area (Å²) in [6, 6.07) is 17.2. The van der Waals surface area contributed by atoms with Crippen LogP contribution in [0.4, 0.5) is 0 Å². The number of ether oxygens (including phenoxy) is 1. The lowest BCUT2D eigenvalue weighted by atomic mass is 9.84. The minimum absolute atomic E-state index is 0.114. The molecule has 0 aliphatic carbocycles. The van der Waals surface area contributed by atoms with Crippen molar-refractivity contribution in [1.82, 2.24) is 4.90 Å². The maximum atomic E-state index is 12.9. The van der Waals surface area contributed by atoms with Crippen molar-refractivity contribution in [3.63, 3.8) is 0 Å². The number of rotatable bonds is 4. The first-order chi connectivity index (χ1) is 11.1. The van der Waals surface area contributed by atoms with Crippen LogP contribution in [0.3, 0.4) is 0 Å². The summed E-state index contributed by atoms with van der Waals surface area (Å²) in [7, 11) is 3.28. The fraction of sp³-hybridized carbons (Fsp3) is 0.222. The van der Waals surface area contributed by atoms with Gasteiger partial charge in [0.1, 0.15) is 5.75 Å². The fourth-order valence-electron chi connectivity index (χ4n) is 2.86. The van der Waals surface area contributed by atoms with Gasteiger partial charge in [0, 0.05) is 13.5 Å². The van der Waals surface area contributed by atoms with Gasteiger partial charge in [-0.3, -0.25) is 9.69 Å². The van der Waals surface area contributed by atoms with Gasteiger partial charge in [-0.05, 0) is 23.3 Å². The van der Waals surface area contributed by atoms with Gasteiger partial charge in [0.05, 0.1) is 7.11 Å². The normalized spacial score (nSPS) is 20.5. The highest BCUT2D eigenvalue weighted by Gasteiger charge is 2.47. The van der Waals surface area contributed by atoms with E-state index in [2.05, 4.69) is 4.99 Å². The summed E-state index contributed by atoms with van der Waals surface area (Å²) in [4.78, 5) is 18.8. The molecule has 0 fully saturated rings. The standard InChI is InChI=1S/C18H19N3O2/c1-21-16(22)18(20-17(21)19,14-6-4-3-5-7-14)12-13-8-10-15(23-2)11-9-13/h3-11H,12H2,1-2H3,(H2,19,20). The van der Waals surface area contributed by atoms with Crippen LogP contribution in [0.15, 0.2) is 59.6 Å². The van der Waals surface area contributed by atoms with E-state index in [1.807, 2.05) is 54.6 Å². The highest BCUT2D eigenvalue weighted by atomic mass is 16.5. The summed E-state index contributed by atoms with van der Waals surface area (Å²) in [5.41, 5.74) is 6.75. The molecule has 1 atom stereocenters. The number of guanidine groups is 1. The molecular formula is C18H19N3O2. The molecule has 5 nitrogen and oxygen atoms in total. The maximum absolute atomic E-state index is 12.9. The molecule has 23 heavy (non-hydrogen) atoms. The lowest BCUT2D eigenvalue weighted by Crippen LogP contribution is -2.41. The lowest BCUT2D eigenvalue weighted by Gasteiger charge is -2.25. The van der Waals surface area contributed by atoms with Crippen LogP contribution in [0.2, 0.25) is 0 Å². The van der Waals surface area contributed by atoms with E-state index in [0.717, 1.165) is 16.9 Å². The number of amides is 1. The van der Waals surface area contributed by atoms with E-state index in [1.165, 1.54) is 4.90 Å². The van der Waals surface area contributed by atoms with Crippen molar-refractivity contribution in [1.29, 1.82) is 0 Å². The Hall–Kier alpha value is -2.82. The topological polar surface area (TPSA) is 67.9 Å². The SMILES string of the molecule is COc1ccc(CC2(c3ccccc3)N=C(N)N(C)C2=O)cc1. The molecular weight excluding hydrogens is 290 g/mol. The van der Waals surface area contributed by atoms with Crippen LogP contribution in [-0.2, 0) is 16.8 Å². The van der Waals surface area contributed by atoms with Crippen LogP contribution in [0.25, 0.3) is 0 Å². The molecule has 0 bridgehead atoms. The van der Waals surface area contributed by atoms with E-state index >= 15 is 0 Å². The van der Waals surface area contributed by atoms with Gasteiger partial charge in [-0.2, -0.15) is 0 Å². The average molecular weight is 309 g/mol. The number of carbonyl (C=O) groups excluding carboxylic acids is 1. The lowest BCUT2D eigenvalue weighted by molar-refractivity contribution is -0.130. The van der Waals surface area contributed by atoms with E-state index in [9.17, 15) is 4.79 Å². The number of likely N-dealkylation sites (N-methyl/N-ethyl adjacent to an activating group) is 1. The van der Waals surface area contributed by atoms with Gasteiger partial charge < -0.3 is 10.5 Å². The molecule has 1 unspecified atom stereocenters. The Labute approximate surface area is 135 Å². The molecule has 1 heterocycles. The second kappa shape index (κ2) is 5.76. The van der Waals surface area contributed by atoms with Crippen LogP contribution in [0, 0.1) is 0 Å². The molecule has 2 N–H and O–H groups in total. The molecule has 0 saturated heterocycles. The van der Waals surface area contributed by atoms with Crippen molar-refractivity contribution in [3.8, 4) is 5.75 Å². The first-order valence-electron chi connectivity index (χ1n) is 7.39. The summed E-state index contributed by atoms with van der Waals surface area (Å²) in [5, 5.41) is 0. The number of methoxy groups -OCH3 is 1. The number of hydrogen-bond donors (Lipinski definition) is 1. The summed E-state index contributed by atoms with van der Waals surface area (Å²) in [6.07, 6.45) is 0.449. The Balaban J connectivity index is 2.05. The number of benzene rings is 2. The Morgan fingerprint density at radius 3 is 2.30 bits per heavy atom. The van der Waals surface area contributed by atoms with Gasteiger partial charge in [-0.15, -0.1) is 0 Å². The Kier molecular flexibility index (Phi) is 3.78. The fourth-order valence-corrected chi connectivity index (χ4v) is 2.86. The second-order valence-electron chi connectivity index (χ2n) is 5.59. The zero-order valence-electron chi connectivity index (χ0n) is 13.2. The molecule has 118 valence electrons. The van der Waals surface area contributed by atoms with Gasteiger partial charge in [0.25, 0.3) is 5.91 Å². The molecule has 1 aliphatic heterocycles. The number of nitrogens with zero attached hydrogens (tertiary/aromatic N) is 2. The van der Waals surface area contributed by atoms with Crippen LogP contribution in [0.1, 0.15) is 11.1 Å². The van der Waals surface area contributed by atoms with Gasteiger partial charge in [0.15, 0.2) is 11.5 Å². The number of carbonyl (C=O) groups is 1. The molecule has 1 amide bonds. The van der Waals surface area contributed by atoms with Gasteiger partial charge in [-0.25, -0.2) is 4.99 Å². The monoisotopic (exact) mass is 309 g/mol. The first kappa shape index (κ1) is 15.1. The molecule has 0 aromatic heterocycles. The number of hydrogen-bond acceptors (Lipinski definition) is 4. The van der Waals surface area contributed by atoms with Crippen molar-refractivity contribution in [2.45, 2.75) is 12.0 Å². The third-order valence-corrected chi connectivity index (χ3v) is 4.18. The Morgan fingerprint density at radius 1 is 1.13 bits per heavy atom. The largest absolute Gasteiger partial charge is 0.497 e. The van der Waals surface area contributed by atoms with Crippen molar-refractivity contribution in [2.24, 2.45) is 10.7 Å². The minimum Gasteiger partial charge on any atom is -0.497 e. The summed E-state index contributed by atoms with van der Waals surface area (Å²) in [5.74, 6) is 0.907. The number of nitrogens with two attached hydrogens (primary N) is 1. The van der Waals surface area contributed by atoms with E-state index in [4.69, 9.17) is 10.5 Å². The molecule has 1 aliphatic rings. The van der Waals surface area contributed by atoms with Crippen molar-refractivity contribution in [2.75, 3.05) is 14.2 Å². The van der Waals surface area contributed by atoms with E-state index in [1.54, 1.807) is 14.2 Å². The van der Waals surface area contributed by atoms with E-state index in [-0.39, 0.29) is 11.9 Å². The van der Waals surface area contributed by atoms with Gasteiger partial charge >= 0.3 is 0 Å². The van der Waals surface area contributed by atoms with Crippen LogP contribution < -0.4 is 10.5 Å². The highest BCUT2D eigenvalue weighted by molar-refractivity contribution is 6.07. The van der Waals surface area contributed by atoms with Crippen LogP contribution in [-0.4, -0.2) is 30.9 Å². The maximum Gasteiger partial charge on any atom is 0.262 e. The Bertz CT molecular complexity index is 741. The second-order valence-corrected chi connectivity index (χ2v) is 5.59.